The molecule has 1 rings (SSSR count). The third kappa shape index (κ3) is 3.96. The standard InChI is InChI=1S/C12H13F2O5P/c1-2-19-11(15)7-6-9-4-3-5-10(8-9)12(13,14)20(16,17)18/h3-8H,2H2,1H3,(H2,16,17,18)/b7-6-. The Hall–Kier alpha value is -1.56. The third-order valence-electron chi connectivity index (χ3n) is 2.30. The molecule has 1 aromatic rings. The molecule has 0 aromatic heterocycles. The van der Waals surface area contributed by atoms with Gasteiger partial charge in [0.15, 0.2) is 0 Å². The molecule has 8 heteroatoms. The van der Waals surface area contributed by atoms with E-state index in [1.807, 2.05) is 0 Å². The molecule has 1 aromatic carbocycles. The number of carbonyl (C=O) groups is 1. The highest BCUT2D eigenvalue weighted by atomic mass is 31.2. The van der Waals surface area contributed by atoms with Crippen molar-refractivity contribution in [2.45, 2.75) is 12.6 Å². The summed E-state index contributed by atoms with van der Waals surface area (Å²) in [5.41, 5.74) is -4.90. The van der Waals surface area contributed by atoms with Crippen LogP contribution in [0.1, 0.15) is 18.1 Å². The first-order valence-corrected chi connectivity index (χ1v) is 7.18. The fourth-order valence-corrected chi connectivity index (χ4v) is 1.83. The van der Waals surface area contributed by atoms with Crippen LogP contribution in [0, 0.1) is 0 Å². The molecule has 0 atom stereocenters. The summed E-state index contributed by atoms with van der Waals surface area (Å²) < 4.78 is 42.4. The van der Waals surface area contributed by atoms with Crippen molar-refractivity contribution in [3.8, 4) is 0 Å². The summed E-state index contributed by atoms with van der Waals surface area (Å²) in [4.78, 5) is 28.4. The van der Waals surface area contributed by atoms with Crippen LogP contribution in [0.25, 0.3) is 6.08 Å². The largest absolute Gasteiger partial charge is 0.463 e. The van der Waals surface area contributed by atoms with Gasteiger partial charge < -0.3 is 14.5 Å². The number of esters is 1. The lowest BCUT2D eigenvalue weighted by Crippen LogP contribution is -2.13. The van der Waals surface area contributed by atoms with Crippen LogP contribution >= 0.6 is 7.60 Å². The van der Waals surface area contributed by atoms with Gasteiger partial charge in [-0.3, -0.25) is 4.57 Å². The number of benzene rings is 1. The minimum atomic E-state index is -5.61. The summed E-state index contributed by atoms with van der Waals surface area (Å²) in [7, 11) is -5.61. The first kappa shape index (κ1) is 16.5. The summed E-state index contributed by atoms with van der Waals surface area (Å²) in [6.45, 7) is 1.80. The summed E-state index contributed by atoms with van der Waals surface area (Å²) in [6.07, 6.45) is 2.26. The average Bonchev–Trinajstić information content (AvgIpc) is 2.36. The van der Waals surface area contributed by atoms with Crippen LogP contribution in [0.3, 0.4) is 0 Å². The Labute approximate surface area is 114 Å². The van der Waals surface area contributed by atoms with Crippen molar-refractivity contribution in [3.63, 3.8) is 0 Å². The minimum absolute atomic E-state index is 0.180. The quantitative estimate of drug-likeness (QED) is 0.496. The van der Waals surface area contributed by atoms with Crippen molar-refractivity contribution in [1.82, 2.24) is 0 Å². The van der Waals surface area contributed by atoms with Crippen LogP contribution in [-0.2, 0) is 19.8 Å². The molecule has 0 saturated heterocycles. The lowest BCUT2D eigenvalue weighted by molar-refractivity contribution is -0.137. The highest BCUT2D eigenvalue weighted by Crippen LogP contribution is 2.59. The molecule has 0 bridgehead atoms. The minimum Gasteiger partial charge on any atom is -0.463 e. The Bertz CT molecular complexity index is 565. The predicted molar refractivity (Wildman–Crippen MR) is 68.0 cm³/mol. The Kier molecular flexibility index (Phi) is 5.16. The van der Waals surface area contributed by atoms with Crippen molar-refractivity contribution in [3.05, 3.63) is 41.5 Å². The van der Waals surface area contributed by atoms with Crippen LogP contribution < -0.4 is 0 Å². The van der Waals surface area contributed by atoms with E-state index < -0.39 is 24.8 Å². The Morgan fingerprint density at radius 3 is 2.65 bits per heavy atom. The van der Waals surface area contributed by atoms with Gasteiger partial charge in [0.25, 0.3) is 0 Å². The van der Waals surface area contributed by atoms with Gasteiger partial charge in [-0.25, -0.2) is 4.79 Å². The number of hydrogen-bond donors (Lipinski definition) is 2. The molecule has 0 radical (unpaired) electrons. The van der Waals surface area contributed by atoms with E-state index >= 15 is 0 Å². The topological polar surface area (TPSA) is 83.8 Å². The van der Waals surface area contributed by atoms with Gasteiger partial charge in [0.1, 0.15) is 0 Å². The molecule has 0 amide bonds. The van der Waals surface area contributed by atoms with Gasteiger partial charge in [0, 0.05) is 11.6 Å². The second-order valence-electron chi connectivity index (χ2n) is 3.80. The fraction of sp³-hybridized carbons (Fsp3) is 0.250. The lowest BCUT2D eigenvalue weighted by Gasteiger charge is -2.18. The van der Waals surface area contributed by atoms with Crippen molar-refractivity contribution in [1.29, 1.82) is 0 Å². The summed E-state index contributed by atoms with van der Waals surface area (Å²) >= 11 is 0. The van der Waals surface area contributed by atoms with E-state index in [0.717, 1.165) is 18.2 Å². The molecule has 20 heavy (non-hydrogen) atoms. The molecule has 110 valence electrons. The van der Waals surface area contributed by atoms with E-state index in [2.05, 4.69) is 4.74 Å². The SMILES string of the molecule is CCOC(=O)/C=C\c1cccc(C(F)(F)P(=O)(O)O)c1. The van der Waals surface area contributed by atoms with Crippen LogP contribution in [0.4, 0.5) is 8.78 Å². The third-order valence-corrected chi connectivity index (χ3v) is 3.29. The van der Waals surface area contributed by atoms with Crippen LogP contribution in [0.5, 0.6) is 0 Å². The number of rotatable bonds is 5. The van der Waals surface area contributed by atoms with Gasteiger partial charge in [0.2, 0.25) is 0 Å². The summed E-state index contributed by atoms with van der Waals surface area (Å²) in [6, 6.07) is 4.42. The molecular weight excluding hydrogens is 293 g/mol. The van der Waals surface area contributed by atoms with Crippen LogP contribution in [-0.4, -0.2) is 22.4 Å². The normalized spacial score (nSPS) is 12.7. The highest BCUT2D eigenvalue weighted by Gasteiger charge is 2.50. The smallest absolute Gasteiger partial charge is 0.399 e. The zero-order valence-electron chi connectivity index (χ0n) is 10.5. The highest BCUT2D eigenvalue weighted by molar-refractivity contribution is 7.52. The molecule has 0 heterocycles. The zero-order chi connectivity index (χ0) is 15.4. The van der Waals surface area contributed by atoms with Gasteiger partial charge >= 0.3 is 19.2 Å². The van der Waals surface area contributed by atoms with Crippen molar-refractivity contribution >= 4 is 19.6 Å². The van der Waals surface area contributed by atoms with Gasteiger partial charge in [-0.2, -0.15) is 8.78 Å². The number of hydrogen-bond acceptors (Lipinski definition) is 3. The first-order valence-electron chi connectivity index (χ1n) is 5.57. The molecule has 0 saturated carbocycles. The summed E-state index contributed by atoms with van der Waals surface area (Å²) in [5, 5.41) is 0. The molecule has 5 nitrogen and oxygen atoms in total. The van der Waals surface area contributed by atoms with Gasteiger partial charge in [-0.15, -0.1) is 0 Å². The number of alkyl halides is 2. The Balaban J connectivity index is 3.03. The van der Waals surface area contributed by atoms with Crippen LogP contribution in [0.15, 0.2) is 30.3 Å². The Morgan fingerprint density at radius 2 is 2.10 bits per heavy atom. The summed E-state index contributed by atoms with van der Waals surface area (Å²) in [5.74, 6) is -0.639. The van der Waals surface area contributed by atoms with Gasteiger partial charge in [0.05, 0.1) is 6.61 Å². The van der Waals surface area contributed by atoms with Crippen molar-refractivity contribution in [2.75, 3.05) is 6.61 Å². The van der Waals surface area contributed by atoms with E-state index in [1.165, 1.54) is 18.2 Å². The van der Waals surface area contributed by atoms with Gasteiger partial charge in [-0.05, 0) is 24.6 Å². The Morgan fingerprint density at radius 1 is 1.45 bits per heavy atom. The van der Waals surface area contributed by atoms with Crippen molar-refractivity contribution in [2.24, 2.45) is 0 Å². The molecule has 0 unspecified atom stereocenters. The molecule has 2 N–H and O–H groups in total. The number of halogens is 2. The van der Waals surface area contributed by atoms with E-state index in [4.69, 9.17) is 9.79 Å². The maximum absolute atomic E-state index is 13.5. The zero-order valence-corrected chi connectivity index (χ0v) is 11.4. The molecule has 0 fully saturated rings. The maximum Gasteiger partial charge on any atom is 0.399 e. The second kappa shape index (κ2) is 6.26. The van der Waals surface area contributed by atoms with E-state index in [9.17, 15) is 18.1 Å². The average molecular weight is 306 g/mol. The molecule has 0 aliphatic heterocycles. The van der Waals surface area contributed by atoms with Crippen molar-refractivity contribution < 1.29 is 32.7 Å². The van der Waals surface area contributed by atoms with E-state index in [-0.39, 0.29) is 12.2 Å². The number of carbonyl (C=O) groups excluding carboxylic acids is 1. The fourth-order valence-electron chi connectivity index (χ4n) is 1.35. The van der Waals surface area contributed by atoms with E-state index in [1.54, 1.807) is 6.92 Å². The maximum atomic E-state index is 13.5. The monoisotopic (exact) mass is 306 g/mol. The predicted octanol–water partition coefficient (Wildman–Crippen LogP) is 2.49. The molecule has 0 aliphatic carbocycles. The van der Waals surface area contributed by atoms with Crippen LogP contribution in [0.2, 0.25) is 0 Å². The lowest BCUT2D eigenvalue weighted by atomic mass is 10.1. The molecule has 0 spiro atoms. The second-order valence-corrected chi connectivity index (χ2v) is 5.45. The molecule has 0 aliphatic rings. The van der Waals surface area contributed by atoms with E-state index in [0.29, 0.717) is 0 Å². The van der Waals surface area contributed by atoms with Gasteiger partial charge in [-0.1, -0.05) is 18.2 Å². The first-order chi connectivity index (χ1) is 9.18. The molecular formula is C12H13F2O5P. The number of ether oxygens (including phenoxy) is 1.